The van der Waals surface area contributed by atoms with Crippen molar-refractivity contribution in [1.29, 1.82) is 0 Å². The molecule has 4 nitrogen and oxygen atoms in total. The number of nitrogens with zero attached hydrogens (tertiary/aromatic N) is 2. The van der Waals surface area contributed by atoms with E-state index in [1.165, 1.54) is 36.8 Å². The van der Waals surface area contributed by atoms with Gasteiger partial charge in [-0.2, -0.15) is 0 Å². The maximum atomic E-state index is 5.33. The van der Waals surface area contributed by atoms with Crippen molar-refractivity contribution in [2.75, 3.05) is 7.11 Å². The van der Waals surface area contributed by atoms with Crippen molar-refractivity contribution in [3.8, 4) is 5.75 Å². The molecule has 138 valence electrons. The van der Waals surface area contributed by atoms with Gasteiger partial charge in [0.25, 0.3) is 0 Å². The van der Waals surface area contributed by atoms with Crippen molar-refractivity contribution in [3.63, 3.8) is 0 Å². The van der Waals surface area contributed by atoms with Crippen LogP contribution in [0.15, 0.2) is 36.7 Å². The van der Waals surface area contributed by atoms with Crippen LogP contribution in [0.1, 0.15) is 55.5 Å². The van der Waals surface area contributed by atoms with Gasteiger partial charge in [-0.15, -0.1) is 0 Å². The molecule has 0 aliphatic heterocycles. The zero-order valence-electron chi connectivity index (χ0n) is 15.8. The molecule has 2 aromatic rings. The number of benzene rings is 1. The van der Waals surface area contributed by atoms with E-state index in [9.17, 15) is 0 Å². The second kappa shape index (κ2) is 7.75. The summed E-state index contributed by atoms with van der Waals surface area (Å²) in [7, 11) is 1.73. The largest absolute Gasteiger partial charge is 0.497 e. The maximum absolute atomic E-state index is 5.33. The van der Waals surface area contributed by atoms with Crippen molar-refractivity contribution >= 4 is 0 Å². The summed E-state index contributed by atoms with van der Waals surface area (Å²) in [6.45, 7) is 2.94. The molecule has 1 aromatic heterocycles. The number of fused-ring (bicyclic) bond motifs is 1. The fraction of sp³-hybridized carbons (Fsp3) is 0.545. The highest BCUT2D eigenvalue weighted by molar-refractivity contribution is 5.33. The Balaban J connectivity index is 1.47. The molecule has 0 saturated heterocycles. The Morgan fingerprint density at radius 3 is 2.38 bits per heavy atom. The van der Waals surface area contributed by atoms with Gasteiger partial charge in [-0.05, 0) is 42.4 Å². The zero-order valence-corrected chi connectivity index (χ0v) is 15.8. The molecule has 0 spiro atoms. The second-order valence-corrected chi connectivity index (χ2v) is 7.68. The van der Waals surface area contributed by atoms with Gasteiger partial charge in [0.15, 0.2) is 0 Å². The van der Waals surface area contributed by atoms with E-state index in [0.717, 1.165) is 36.4 Å². The molecule has 2 fully saturated rings. The van der Waals surface area contributed by atoms with Gasteiger partial charge < -0.3 is 10.1 Å². The first-order chi connectivity index (χ1) is 12.8. The fourth-order valence-electron chi connectivity index (χ4n) is 4.92. The highest BCUT2D eigenvalue weighted by Gasteiger charge is 2.50. The van der Waals surface area contributed by atoms with Gasteiger partial charge in [0.05, 0.1) is 7.11 Å². The third-order valence-corrected chi connectivity index (χ3v) is 6.30. The van der Waals surface area contributed by atoms with Crippen LogP contribution in [-0.2, 0) is 13.0 Å². The minimum absolute atomic E-state index is 0.555. The zero-order chi connectivity index (χ0) is 17.9. The summed E-state index contributed by atoms with van der Waals surface area (Å²) >= 11 is 0. The first kappa shape index (κ1) is 17.5. The summed E-state index contributed by atoms with van der Waals surface area (Å²) in [5, 5.41) is 3.84. The van der Waals surface area contributed by atoms with E-state index in [1.807, 2.05) is 12.4 Å². The predicted molar refractivity (Wildman–Crippen MR) is 103 cm³/mol. The molecule has 0 unspecified atom stereocenters. The summed E-state index contributed by atoms with van der Waals surface area (Å²) < 4.78 is 5.33. The van der Waals surface area contributed by atoms with Crippen LogP contribution in [0.3, 0.4) is 0 Å². The van der Waals surface area contributed by atoms with E-state index in [1.54, 1.807) is 7.11 Å². The van der Waals surface area contributed by atoms with Crippen LogP contribution in [0.4, 0.5) is 0 Å². The number of rotatable bonds is 6. The molecule has 4 atom stereocenters. The van der Waals surface area contributed by atoms with E-state index in [2.05, 4.69) is 46.5 Å². The smallest absolute Gasteiger partial charge is 0.127 e. The molecule has 1 N–H and O–H groups in total. The quantitative estimate of drug-likeness (QED) is 0.851. The number of hydrogen-bond acceptors (Lipinski definition) is 4. The molecule has 26 heavy (non-hydrogen) atoms. The standard InChI is InChI=1S/C22H29N3O/c1-3-20-23-12-15(13-24-20)14-25-22-19-7-5-4-6-18(19)21(22)16-8-10-17(26-2)11-9-16/h8-13,18-19,21-22,25H,3-7,14H2,1-2H3/t18-,19+,21-,22-/m0/s1. The van der Waals surface area contributed by atoms with Crippen LogP contribution < -0.4 is 10.1 Å². The summed E-state index contributed by atoms with van der Waals surface area (Å²) in [5.41, 5.74) is 2.62. The van der Waals surface area contributed by atoms with E-state index in [4.69, 9.17) is 4.74 Å². The van der Waals surface area contributed by atoms with Gasteiger partial charge >= 0.3 is 0 Å². The molecule has 1 aromatic carbocycles. The van der Waals surface area contributed by atoms with Crippen molar-refractivity contribution in [3.05, 3.63) is 53.6 Å². The molecule has 4 heteroatoms. The second-order valence-electron chi connectivity index (χ2n) is 7.68. The van der Waals surface area contributed by atoms with E-state index in [0.29, 0.717) is 12.0 Å². The lowest BCUT2D eigenvalue weighted by atomic mass is 9.53. The molecule has 4 rings (SSSR count). The minimum Gasteiger partial charge on any atom is -0.497 e. The van der Waals surface area contributed by atoms with Crippen LogP contribution >= 0.6 is 0 Å². The van der Waals surface area contributed by atoms with E-state index in [-0.39, 0.29) is 0 Å². The van der Waals surface area contributed by atoms with E-state index < -0.39 is 0 Å². The Bertz CT molecular complexity index is 713. The number of hydrogen-bond donors (Lipinski definition) is 1. The van der Waals surface area contributed by atoms with Gasteiger partial charge in [-0.3, -0.25) is 0 Å². The number of aryl methyl sites for hydroxylation is 1. The Morgan fingerprint density at radius 1 is 1.04 bits per heavy atom. The molecular weight excluding hydrogens is 322 g/mol. The molecule has 2 aliphatic carbocycles. The minimum atomic E-state index is 0.555. The monoisotopic (exact) mass is 351 g/mol. The Morgan fingerprint density at radius 2 is 1.73 bits per heavy atom. The maximum Gasteiger partial charge on any atom is 0.127 e. The summed E-state index contributed by atoms with van der Waals surface area (Å²) in [6, 6.07) is 9.25. The van der Waals surface area contributed by atoms with E-state index >= 15 is 0 Å². The molecule has 1 heterocycles. The molecule has 2 saturated carbocycles. The highest BCUT2D eigenvalue weighted by Crippen LogP contribution is 2.54. The van der Waals surface area contributed by atoms with Crippen molar-refractivity contribution in [2.45, 2.75) is 57.5 Å². The lowest BCUT2D eigenvalue weighted by molar-refractivity contribution is 0.0253. The first-order valence-corrected chi connectivity index (χ1v) is 9.97. The normalized spacial score (nSPS) is 27.5. The van der Waals surface area contributed by atoms with Crippen molar-refractivity contribution in [1.82, 2.24) is 15.3 Å². The SMILES string of the molecule is CCc1ncc(CN[C@H]2[C@@H]3CCCC[C@@H]3[C@@H]2c2ccc(OC)cc2)cn1. The Kier molecular flexibility index (Phi) is 5.21. The topological polar surface area (TPSA) is 47.0 Å². The summed E-state index contributed by atoms with van der Waals surface area (Å²) in [5.74, 6) is 4.11. The van der Waals surface area contributed by atoms with Gasteiger partial charge in [0, 0.05) is 42.9 Å². The van der Waals surface area contributed by atoms with Crippen molar-refractivity contribution in [2.24, 2.45) is 11.8 Å². The van der Waals surface area contributed by atoms with Gasteiger partial charge in [0.1, 0.15) is 11.6 Å². The number of nitrogens with one attached hydrogen (secondary N) is 1. The van der Waals surface area contributed by atoms with Crippen LogP contribution in [0.5, 0.6) is 5.75 Å². The van der Waals surface area contributed by atoms with Crippen LogP contribution in [0.25, 0.3) is 0 Å². The molecule has 2 aliphatic rings. The van der Waals surface area contributed by atoms with Crippen LogP contribution in [0, 0.1) is 11.8 Å². The number of ether oxygens (including phenoxy) is 1. The highest BCUT2D eigenvalue weighted by atomic mass is 16.5. The summed E-state index contributed by atoms with van der Waals surface area (Å²) in [4.78, 5) is 8.86. The lowest BCUT2D eigenvalue weighted by Crippen LogP contribution is -2.57. The summed E-state index contributed by atoms with van der Waals surface area (Å²) in [6.07, 6.45) is 10.3. The Labute approximate surface area is 156 Å². The average molecular weight is 351 g/mol. The molecule has 0 radical (unpaired) electrons. The number of aromatic nitrogens is 2. The Hall–Kier alpha value is -1.94. The van der Waals surface area contributed by atoms with Crippen LogP contribution in [-0.4, -0.2) is 23.1 Å². The molecule has 0 amide bonds. The average Bonchev–Trinajstić information content (AvgIpc) is 2.70. The third kappa shape index (κ3) is 3.35. The van der Waals surface area contributed by atoms with Gasteiger partial charge in [-0.25, -0.2) is 9.97 Å². The lowest BCUT2D eigenvalue weighted by Gasteiger charge is -2.55. The van der Waals surface area contributed by atoms with Crippen LogP contribution in [0.2, 0.25) is 0 Å². The first-order valence-electron chi connectivity index (χ1n) is 9.97. The van der Waals surface area contributed by atoms with Crippen molar-refractivity contribution < 1.29 is 4.74 Å². The fourth-order valence-corrected chi connectivity index (χ4v) is 4.92. The predicted octanol–water partition coefficient (Wildman–Crippen LogP) is 4.11. The molecular formula is C22H29N3O. The number of methoxy groups -OCH3 is 1. The van der Waals surface area contributed by atoms with Gasteiger partial charge in [0.2, 0.25) is 0 Å². The molecule has 0 bridgehead atoms. The van der Waals surface area contributed by atoms with Gasteiger partial charge in [-0.1, -0.05) is 31.9 Å². The third-order valence-electron chi connectivity index (χ3n) is 6.30.